The highest BCUT2D eigenvalue weighted by Gasteiger charge is 2.38. The highest BCUT2D eigenvalue weighted by Crippen LogP contribution is 2.41. The molecule has 2 aromatic heterocycles. The number of hydrogen-bond donors (Lipinski definition) is 3. The number of rotatable bonds is 7. The van der Waals surface area contributed by atoms with Gasteiger partial charge in [-0.2, -0.15) is 0 Å². The largest absolute Gasteiger partial charge is 0.508 e. The molecule has 0 aliphatic carbocycles. The second-order valence-electron chi connectivity index (χ2n) is 17.8. The zero-order chi connectivity index (χ0) is 43.6. The third kappa shape index (κ3) is 9.25. The Balaban J connectivity index is 1.33. The molecule has 4 amide bonds. The van der Waals surface area contributed by atoms with Crippen molar-refractivity contribution < 1.29 is 33.8 Å². The van der Waals surface area contributed by atoms with Crippen LogP contribution in [0.5, 0.6) is 5.75 Å². The fourth-order valence-electron chi connectivity index (χ4n) is 9.24. The summed E-state index contributed by atoms with van der Waals surface area (Å²) < 4.78 is 13.9. The van der Waals surface area contributed by atoms with Crippen molar-refractivity contribution in [3.8, 4) is 28.1 Å². The molecule has 0 radical (unpaired) electrons. The third-order valence-corrected chi connectivity index (χ3v) is 12.3. The molecule has 0 unspecified atom stereocenters. The van der Waals surface area contributed by atoms with Crippen LogP contribution in [0.3, 0.4) is 0 Å². The summed E-state index contributed by atoms with van der Waals surface area (Å²) in [5.41, 5.74) is 10.4. The summed E-state index contributed by atoms with van der Waals surface area (Å²) in [6, 6.07) is 10.6. The van der Waals surface area contributed by atoms with E-state index in [4.69, 9.17) is 9.47 Å². The second kappa shape index (κ2) is 18.3. The van der Waals surface area contributed by atoms with Gasteiger partial charge in [-0.25, -0.2) is 10.2 Å². The summed E-state index contributed by atoms with van der Waals surface area (Å²) >= 11 is 0. The van der Waals surface area contributed by atoms with Crippen molar-refractivity contribution in [2.45, 2.75) is 98.3 Å². The number of ether oxygens (including phenoxy) is 2. The van der Waals surface area contributed by atoms with Crippen molar-refractivity contribution in [3.05, 3.63) is 71.5 Å². The van der Waals surface area contributed by atoms with Crippen LogP contribution >= 0.6 is 0 Å². The van der Waals surface area contributed by atoms with Gasteiger partial charge in [0.2, 0.25) is 5.91 Å². The van der Waals surface area contributed by atoms with Gasteiger partial charge in [-0.15, -0.1) is 0 Å². The van der Waals surface area contributed by atoms with Crippen molar-refractivity contribution in [2.75, 3.05) is 46.5 Å². The lowest BCUT2D eigenvalue weighted by Gasteiger charge is -2.38. The number of carbonyl (C=O) groups is 4. The molecule has 3 N–H and O–H groups in total. The summed E-state index contributed by atoms with van der Waals surface area (Å²) in [6.07, 6.45) is 6.24. The Labute approximate surface area is 358 Å². The normalized spacial score (nSPS) is 20.3. The molecule has 2 saturated heterocycles. The van der Waals surface area contributed by atoms with Gasteiger partial charge in [-0.05, 0) is 96.7 Å². The van der Waals surface area contributed by atoms with Gasteiger partial charge in [-0.3, -0.25) is 24.4 Å². The van der Waals surface area contributed by atoms with Gasteiger partial charge >= 0.3 is 12.0 Å². The van der Waals surface area contributed by atoms with E-state index in [1.54, 1.807) is 24.1 Å². The minimum atomic E-state index is -1.11. The predicted molar refractivity (Wildman–Crippen MR) is 233 cm³/mol. The van der Waals surface area contributed by atoms with Gasteiger partial charge in [0, 0.05) is 73.9 Å². The van der Waals surface area contributed by atoms with Crippen LogP contribution in [0.2, 0.25) is 0 Å². The Morgan fingerprint density at radius 3 is 2.54 bits per heavy atom. The number of pyridine rings is 1. The number of fused-ring (bicyclic) bond motifs is 6. The number of cyclic esters (lactones) is 1. The summed E-state index contributed by atoms with van der Waals surface area (Å²) in [7, 11) is 1.61. The Hall–Kier alpha value is -5.47. The maximum absolute atomic E-state index is 14.6. The molecule has 2 fully saturated rings. The minimum absolute atomic E-state index is 0.0189. The van der Waals surface area contributed by atoms with Crippen molar-refractivity contribution in [1.29, 1.82) is 0 Å². The SMILES string of the molecule is CCc1ccncc1-c1c2c3cc(ccc3n1CC)-c1cc(O)cc(c1)C[C@H](NC(=O)[C@H](C(C)C)N(C)C(=O)N1CCOCC1)C(=O)N1CCC[C@H](N1)C(=O)OCC(C)(C)C2. The van der Waals surface area contributed by atoms with Gasteiger partial charge in [0.05, 0.1) is 25.5 Å². The van der Waals surface area contributed by atoms with Crippen LogP contribution in [-0.4, -0.2) is 118 Å². The average molecular weight is 836 g/mol. The van der Waals surface area contributed by atoms with Gasteiger partial charge in [0.25, 0.3) is 5.91 Å². The molecule has 6 bridgehead atoms. The first-order valence-corrected chi connectivity index (χ1v) is 21.7. The van der Waals surface area contributed by atoms with E-state index >= 15 is 0 Å². The lowest BCUT2D eigenvalue weighted by atomic mass is 9.84. The van der Waals surface area contributed by atoms with E-state index in [9.17, 15) is 24.3 Å². The smallest absolute Gasteiger partial charge is 0.324 e. The van der Waals surface area contributed by atoms with Crippen molar-refractivity contribution in [1.82, 2.24) is 35.1 Å². The van der Waals surface area contributed by atoms with Crippen LogP contribution in [-0.2, 0) is 49.7 Å². The van der Waals surface area contributed by atoms with E-state index in [0.717, 1.165) is 51.8 Å². The van der Waals surface area contributed by atoms with Crippen LogP contribution in [0.1, 0.15) is 71.1 Å². The van der Waals surface area contributed by atoms with Gasteiger partial charge in [-0.1, -0.05) is 46.8 Å². The first-order chi connectivity index (χ1) is 29.2. The number of phenols is 1. The fourth-order valence-corrected chi connectivity index (χ4v) is 9.24. The molecule has 3 aliphatic rings. The number of benzene rings is 2. The van der Waals surface area contributed by atoms with E-state index in [1.807, 2.05) is 38.4 Å². The van der Waals surface area contributed by atoms with Crippen molar-refractivity contribution in [3.63, 3.8) is 0 Å². The summed E-state index contributed by atoms with van der Waals surface area (Å²) in [4.78, 5) is 64.1. The maximum Gasteiger partial charge on any atom is 0.324 e. The molecule has 326 valence electrons. The fraction of sp³-hybridized carbons (Fsp3) is 0.511. The van der Waals surface area contributed by atoms with Crippen LogP contribution in [0.4, 0.5) is 4.79 Å². The minimum Gasteiger partial charge on any atom is -0.508 e. The van der Waals surface area contributed by atoms with Crippen LogP contribution in [0, 0.1) is 11.3 Å². The maximum atomic E-state index is 14.6. The number of likely N-dealkylation sites (N-methyl/N-ethyl adjacent to an activating group) is 1. The van der Waals surface area contributed by atoms with Gasteiger partial charge in [0.1, 0.15) is 23.9 Å². The van der Waals surface area contributed by atoms with Crippen molar-refractivity contribution >= 4 is 34.7 Å². The number of amides is 4. The first-order valence-electron chi connectivity index (χ1n) is 21.7. The lowest BCUT2D eigenvalue weighted by molar-refractivity contribution is -0.155. The Kier molecular flexibility index (Phi) is 13.0. The molecule has 7 rings (SSSR count). The average Bonchev–Trinajstić information content (AvgIpc) is 3.55. The second-order valence-corrected chi connectivity index (χ2v) is 17.8. The number of urea groups is 1. The Morgan fingerprint density at radius 2 is 1.82 bits per heavy atom. The van der Waals surface area contributed by atoms with Crippen LogP contribution < -0.4 is 10.7 Å². The highest BCUT2D eigenvalue weighted by molar-refractivity contribution is 5.96. The molecular formula is C47H61N7O7. The Morgan fingerprint density at radius 1 is 1.05 bits per heavy atom. The van der Waals surface area contributed by atoms with E-state index in [-0.39, 0.29) is 30.7 Å². The van der Waals surface area contributed by atoms with E-state index in [2.05, 4.69) is 66.2 Å². The number of aromatic hydroxyl groups is 1. The number of aromatic nitrogens is 2. The highest BCUT2D eigenvalue weighted by atomic mass is 16.5. The number of aryl methyl sites for hydroxylation is 2. The van der Waals surface area contributed by atoms with Crippen molar-refractivity contribution in [2.24, 2.45) is 11.3 Å². The Bertz CT molecular complexity index is 2280. The quantitative estimate of drug-likeness (QED) is 0.198. The molecule has 2 aromatic carbocycles. The van der Waals surface area contributed by atoms with E-state index in [0.29, 0.717) is 57.7 Å². The molecule has 5 heterocycles. The molecule has 3 atom stereocenters. The third-order valence-electron chi connectivity index (χ3n) is 12.3. The number of nitrogens with zero attached hydrogens (tertiary/aromatic N) is 5. The number of hydrogen-bond acceptors (Lipinski definition) is 9. The number of esters is 1. The molecular weight excluding hydrogens is 775 g/mol. The molecule has 0 saturated carbocycles. The monoisotopic (exact) mass is 835 g/mol. The van der Waals surface area contributed by atoms with Gasteiger partial charge < -0.3 is 34.3 Å². The summed E-state index contributed by atoms with van der Waals surface area (Å²) in [5.74, 6) is -1.65. The zero-order valence-electron chi connectivity index (χ0n) is 36.6. The van der Waals surface area contributed by atoms with E-state index < -0.39 is 41.3 Å². The number of morpholine rings is 1. The number of carbonyl (C=O) groups excluding carboxylic acids is 4. The van der Waals surface area contributed by atoms with E-state index in [1.165, 1.54) is 15.5 Å². The number of nitrogens with one attached hydrogen (secondary N) is 2. The summed E-state index contributed by atoms with van der Waals surface area (Å²) in [5, 5.41) is 16.7. The molecule has 4 aromatic rings. The standard InChI is InChI=1S/C47H61N7O7/c1-8-31-14-15-48-27-37(31)42-36-26-47(5,6)28-61-45(58)38-11-10-16-54(50-38)44(57)39(49-43(56)41(29(3)4)51(7)46(59)52-17-19-60-20-18-52)23-30-21-33(24-34(55)22-30)32-12-13-40(35(36)25-32)53(42)9-2/h12-15,21-22,24-25,27,29,38-39,41,50,55H,8-11,16-20,23,26,28H2,1-7H3,(H,49,56)/t38-,39-,41-/m0/s1. The van der Waals surface area contributed by atoms with Gasteiger partial charge in [0.15, 0.2) is 0 Å². The predicted octanol–water partition coefficient (Wildman–Crippen LogP) is 5.72. The molecule has 0 spiro atoms. The topological polar surface area (TPSA) is 159 Å². The first kappa shape index (κ1) is 43.6. The molecule has 3 aliphatic heterocycles. The molecule has 14 heteroatoms. The van der Waals surface area contributed by atoms with Crippen LogP contribution in [0.25, 0.3) is 33.3 Å². The lowest BCUT2D eigenvalue weighted by Crippen LogP contribution is -2.62. The molecule has 14 nitrogen and oxygen atoms in total. The number of hydrazine groups is 1. The molecule has 61 heavy (non-hydrogen) atoms. The summed E-state index contributed by atoms with van der Waals surface area (Å²) in [6.45, 7) is 15.1. The number of phenolic OH excluding ortho intramolecular Hbond substituents is 1. The zero-order valence-corrected chi connectivity index (χ0v) is 36.6. The van der Waals surface area contributed by atoms with Crippen LogP contribution in [0.15, 0.2) is 54.9 Å².